The Balaban J connectivity index is 2.68. The van der Waals surface area contributed by atoms with Crippen LogP contribution in [0.3, 0.4) is 0 Å². The molecular formula is C12H16N2O5. The zero-order chi connectivity index (χ0) is 14.5. The monoisotopic (exact) mass is 268 g/mol. The van der Waals surface area contributed by atoms with Gasteiger partial charge in [0, 0.05) is 12.7 Å². The second-order valence-electron chi connectivity index (χ2n) is 4.33. The maximum absolute atomic E-state index is 11.9. The molecule has 0 saturated carbocycles. The molecule has 0 bridgehead atoms. The zero-order valence-electron chi connectivity index (χ0n) is 10.7. The van der Waals surface area contributed by atoms with Crippen LogP contribution in [0, 0.1) is 0 Å². The molecule has 0 aliphatic heterocycles. The van der Waals surface area contributed by atoms with Gasteiger partial charge in [0.15, 0.2) is 0 Å². The number of methoxy groups -OCH3 is 1. The molecule has 7 heteroatoms. The van der Waals surface area contributed by atoms with Crippen molar-refractivity contribution in [2.75, 3.05) is 13.7 Å². The number of aromatic nitrogens is 1. The van der Waals surface area contributed by atoms with Gasteiger partial charge in [-0.15, -0.1) is 0 Å². The van der Waals surface area contributed by atoms with E-state index >= 15 is 0 Å². The Bertz CT molecular complexity index is 473. The maximum Gasteiger partial charge on any atom is 0.306 e. The molecule has 3 N–H and O–H groups in total. The van der Waals surface area contributed by atoms with Gasteiger partial charge in [-0.25, -0.2) is 0 Å². The molecule has 1 atom stereocenters. The topological polar surface area (TPSA) is 109 Å². The molecule has 7 nitrogen and oxygen atoms in total. The molecule has 1 heterocycles. The third-order valence-electron chi connectivity index (χ3n) is 2.41. The summed E-state index contributed by atoms with van der Waals surface area (Å²) in [6, 6.07) is 1.47. The van der Waals surface area contributed by atoms with Gasteiger partial charge in [0.1, 0.15) is 5.75 Å². The lowest BCUT2D eigenvalue weighted by Gasteiger charge is -2.21. The number of carbonyl (C=O) groups excluding carboxylic acids is 1. The van der Waals surface area contributed by atoms with Crippen molar-refractivity contribution in [3.05, 3.63) is 24.0 Å². The third kappa shape index (κ3) is 4.55. The smallest absolute Gasteiger partial charge is 0.306 e. The fraction of sp³-hybridized carbons (Fsp3) is 0.417. The number of hydrogen-bond donors (Lipinski definition) is 3. The molecule has 1 unspecified atom stereocenters. The van der Waals surface area contributed by atoms with Crippen LogP contribution in [0.15, 0.2) is 18.5 Å². The van der Waals surface area contributed by atoms with Crippen LogP contribution in [0.5, 0.6) is 5.75 Å². The van der Waals surface area contributed by atoms with Crippen molar-refractivity contribution in [3.63, 3.8) is 0 Å². The molecule has 1 rings (SSSR count). The highest BCUT2D eigenvalue weighted by atomic mass is 16.5. The van der Waals surface area contributed by atoms with Gasteiger partial charge in [0.05, 0.1) is 30.9 Å². The van der Waals surface area contributed by atoms with Gasteiger partial charge >= 0.3 is 5.97 Å². The Morgan fingerprint density at radius 1 is 1.53 bits per heavy atom. The van der Waals surface area contributed by atoms with Crippen LogP contribution in [-0.2, 0) is 4.79 Å². The highest BCUT2D eigenvalue weighted by molar-refractivity contribution is 5.96. The van der Waals surface area contributed by atoms with E-state index in [1.54, 1.807) is 0 Å². The number of rotatable bonds is 6. The van der Waals surface area contributed by atoms with Crippen molar-refractivity contribution in [3.8, 4) is 5.75 Å². The minimum Gasteiger partial charge on any atom is -0.494 e. The molecule has 104 valence electrons. The first-order chi connectivity index (χ1) is 8.85. The summed E-state index contributed by atoms with van der Waals surface area (Å²) in [4.78, 5) is 26.2. The zero-order valence-corrected chi connectivity index (χ0v) is 10.7. The number of aliphatic hydroxyl groups is 1. The molecule has 0 aliphatic rings. The van der Waals surface area contributed by atoms with E-state index in [9.17, 15) is 14.7 Å². The van der Waals surface area contributed by atoms with E-state index in [4.69, 9.17) is 9.84 Å². The number of carboxylic acids is 1. The lowest BCUT2D eigenvalue weighted by atomic mass is 10.0. The summed E-state index contributed by atoms with van der Waals surface area (Å²) in [7, 11) is 1.41. The van der Waals surface area contributed by atoms with Gasteiger partial charge in [-0.3, -0.25) is 14.6 Å². The Hall–Kier alpha value is -2.15. The van der Waals surface area contributed by atoms with Crippen LogP contribution >= 0.6 is 0 Å². The molecule has 0 saturated heterocycles. The summed E-state index contributed by atoms with van der Waals surface area (Å²) >= 11 is 0. The molecule has 0 spiro atoms. The summed E-state index contributed by atoms with van der Waals surface area (Å²) in [5.41, 5.74) is -1.24. The third-order valence-corrected chi connectivity index (χ3v) is 2.41. The molecule has 0 fully saturated rings. The average Bonchev–Trinajstić information content (AvgIpc) is 2.34. The number of nitrogens with zero attached hydrogens (tertiary/aromatic N) is 1. The number of hydrogen-bond acceptors (Lipinski definition) is 5. The average molecular weight is 268 g/mol. The van der Waals surface area contributed by atoms with Gasteiger partial charge < -0.3 is 20.3 Å². The van der Waals surface area contributed by atoms with E-state index in [0.717, 1.165) is 0 Å². The molecule has 1 aromatic heterocycles. The lowest BCUT2D eigenvalue weighted by Crippen LogP contribution is -2.42. The Labute approximate surface area is 110 Å². The van der Waals surface area contributed by atoms with E-state index in [1.165, 1.54) is 32.5 Å². The highest BCUT2D eigenvalue weighted by Crippen LogP contribution is 2.16. The Morgan fingerprint density at radius 2 is 2.21 bits per heavy atom. The van der Waals surface area contributed by atoms with E-state index < -0.39 is 23.9 Å². The van der Waals surface area contributed by atoms with Gasteiger partial charge in [-0.05, 0) is 13.0 Å². The molecule has 19 heavy (non-hydrogen) atoms. The van der Waals surface area contributed by atoms with Crippen LogP contribution < -0.4 is 10.1 Å². The molecule has 0 aliphatic carbocycles. The number of amides is 1. The molecular weight excluding hydrogens is 252 g/mol. The largest absolute Gasteiger partial charge is 0.494 e. The van der Waals surface area contributed by atoms with Crippen molar-refractivity contribution < 1.29 is 24.5 Å². The summed E-state index contributed by atoms with van der Waals surface area (Å²) in [6.45, 7) is 1.16. The summed E-state index contributed by atoms with van der Waals surface area (Å²) in [5, 5.41) is 20.8. The van der Waals surface area contributed by atoms with Crippen LogP contribution in [0.4, 0.5) is 0 Å². The number of ether oxygens (including phenoxy) is 1. The minimum atomic E-state index is -1.51. The number of carbonyl (C=O) groups is 2. The second kappa shape index (κ2) is 6.14. The number of pyridine rings is 1. The van der Waals surface area contributed by atoms with E-state index in [-0.39, 0.29) is 12.1 Å². The van der Waals surface area contributed by atoms with Crippen molar-refractivity contribution in [2.24, 2.45) is 0 Å². The Kier molecular flexibility index (Phi) is 4.82. The fourth-order valence-electron chi connectivity index (χ4n) is 1.48. The van der Waals surface area contributed by atoms with Crippen LogP contribution in [0.1, 0.15) is 23.7 Å². The second-order valence-corrected chi connectivity index (χ2v) is 4.33. The lowest BCUT2D eigenvalue weighted by molar-refractivity contribution is -0.141. The fourth-order valence-corrected chi connectivity index (χ4v) is 1.48. The predicted molar refractivity (Wildman–Crippen MR) is 66.0 cm³/mol. The van der Waals surface area contributed by atoms with Gasteiger partial charge in [-0.1, -0.05) is 0 Å². The quantitative estimate of drug-likeness (QED) is 0.672. The number of carboxylic acid groups (broad SMARTS) is 1. The molecule has 0 aromatic carbocycles. The van der Waals surface area contributed by atoms with Crippen LogP contribution in [0.2, 0.25) is 0 Å². The summed E-state index contributed by atoms with van der Waals surface area (Å²) in [5.74, 6) is -1.30. The Morgan fingerprint density at radius 3 is 2.79 bits per heavy atom. The van der Waals surface area contributed by atoms with Gasteiger partial charge in [-0.2, -0.15) is 0 Å². The first kappa shape index (κ1) is 14.9. The maximum atomic E-state index is 11.9. The highest BCUT2D eigenvalue weighted by Gasteiger charge is 2.25. The minimum absolute atomic E-state index is 0.177. The van der Waals surface area contributed by atoms with E-state index in [2.05, 4.69) is 10.3 Å². The molecule has 0 radical (unpaired) electrons. The summed E-state index contributed by atoms with van der Waals surface area (Å²) < 4.78 is 4.98. The SMILES string of the molecule is COc1cnccc1C(=O)NCC(C)(O)CC(=O)O. The van der Waals surface area contributed by atoms with E-state index in [1.807, 2.05) is 0 Å². The normalized spacial score (nSPS) is 13.4. The van der Waals surface area contributed by atoms with Gasteiger partial charge in [0.25, 0.3) is 5.91 Å². The number of aliphatic carboxylic acids is 1. The van der Waals surface area contributed by atoms with Crippen molar-refractivity contribution in [1.29, 1.82) is 0 Å². The summed E-state index contributed by atoms with van der Waals surface area (Å²) in [6.07, 6.45) is 2.37. The predicted octanol–water partition coefficient (Wildman–Crippen LogP) is 0.0457. The molecule has 1 aromatic rings. The van der Waals surface area contributed by atoms with Crippen molar-refractivity contribution in [1.82, 2.24) is 10.3 Å². The van der Waals surface area contributed by atoms with Gasteiger partial charge in [0.2, 0.25) is 0 Å². The first-order valence-corrected chi connectivity index (χ1v) is 5.56. The van der Waals surface area contributed by atoms with Crippen molar-refractivity contribution in [2.45, 2.75) is 18.9 Å². The molecule has 1 amide bonds. The standard InChI is InChI=1S/C12H16N2O5/c1-12(18,5-10(15)16)7-14-11(17)8-3-4-13-6-9(8)19-2/h3-4,6,18H,5,7H2,1-2H3,(H,14,17)(H,15,16). The van der Waals surface area contributed by atoms with E-state index in [0.29, 0.717) is 5.75 Å². The van der Waals surface area contributed by atoms with Crippen molar-refractivity contribution >= 4 is 11.9 Å². The van der Waals surface area contributed by atoms with Crippen LogP contribution in [-0.4, -0.2) is 46.3 Å². The first-order valence-electron chi connectivity index (χ1n) is 5.56. The number of nitrogens with one attached hydrogen (secondary N) is 1. The van der Waals surface area contributed by atoms with Crippen LogP contribution in [0.25, 0.3) is 0 Å².